The minimum atomic E-state index is 0.180. The molecule has 18 heavy (non-hydrogen) atoms. The van der Waals surface area contributed by atoms with E-state index in [-0.39, 0.29) is 11.7 Å². The Morgan fingerprint density at radius 1 is 1.50 bits per heavy atom. The number of hydrogen-bond donors (Lipinski definition) is 1. The topological polar surface area (TPSA) is 40.5 Å². The summed E-state index contributed by atoms with van der Waals surface area (Å²) in [5, 5.41) is 9.38. The Morgan fingerprint density at radius 2 is 2.33 bits per heavy atom. The summed E-state index contributed by atoms with van der Waals surface area (Å²) in [6.07, 6.45) is 3.95. The van der Waals surface area contributed by atoms with Gasteiger partial charge < -0.3 is 10.0 Å². The summed E-state index contributed by atoms with van der Waals surface area (Å²) in [6, 6.07) is 6.96. The van der Waals surface area contributed by atoms with Crippen LogP contribution < -0.4 is 0 Å². The molecule has 1 aromatic carbocycles. The lowest BCUT2D eigenvalue weighted by atomic mass is 10.0. The Bertz CT molecular complexity index is 417. The molecule has 3 heteroatoms. The first-order valence-electron chi connectivity index (χ1n) is 6.74. The van der Waals surface area contributed by atoms with Gasteiger partial charge in [-0.15, -0.1) is 0 Å². The lowest BCUT2D eigenvalue weighted by Crippen LogP contribution is -2.30. The molecule has 0 bridgehead atoms. The van der Waals surface area contributed by atoms with Crippen LogP contribution in [0.4, 0.5) is 0 Å². The number of rotatable bonds is 4. The van der Waals surface area contributed by atoms with Crippen LogP contribution >= 0.6 is 0 Å². The third-order valence-electron chi connectivity index (χ3n) is 3.60. The van der Waals surface area contributed by atoms with E-state index < -0.39 is 0 Å². The standard InChI is InChI=1S/C15H21NO2/c1-2-4-12-7-8-16(11-12)15(18)10-13-5-3-6-14(17)9-13/h3,5-6,9,12,17H,2,4,7-8,10-11H2,1H3. The third-order valence-corrected chi connectivity index (χ3v) is 3.60. The highest BCUT2D eigenvalue weighted by atomic mass is 16.3. The molecule has 1 N–H and O–H groups in total. The fourth-order valence-corrected chi connectivity index (χ4v) is 2.66. The second kappa shape index (κ2) is 5.89. The Morgan fingerprint density at radius 3 is 3.06 bits per heavy atom. The second-order valence-electron chi connectivity index (χ2n) is 5.13. The average Bonchev–Trinajstić information content (AvgIpc) is 2.78. The fraction of sp³-hybridized carbons (Fsp3) is 0.533. The normalized spacial score (nSPS) is 19.2. The van der Waals surface area contributed by atoms with Crippen LogP contribution in [0, 0.1) is 5.92 Å². The number of nitrogens with zero attached hydrogens (tertiary/aromatic N) is 1. The molecule has 1 heterocycles. The number of hydrogen-bond acceptors (Lipinski definition) is 2. The Kier molecular flexibility index (Phi) is 4.24. The lowest BCUT2D eigenvalue weighted by molar-refractivity contribution is -0.129. The molecule has 0 saturated carbocycles. The molecule has 0 aliphatic carbocycles. The molecule has 1 atom stereocenters. The molecule has 1 aromatic rings. The summed E-state index contributed by atoms with van der Waals surface area (Å²) in [5.74, 6) is 1.09. The molecular weight excluding hydrogens is 226 g/mol. The monoisotopic (exact) mass is 247 g/mol. The molecule has 1 unspecified atom stereocenters. The molecule has 1 fully saturated rings. The van der Waals surface area contributed by atoms with Crippen molar-refractivity contribution in [1.82, 2.24) is 4.90 Å². The van der Waals surface area contributed by atoms with Gasteiger partial charge in [-0.1, -0.05) is 25.5 Å². The van der Waals surface area contributed by atoms with Crippen molar-refractivity contribution in [2.24, 2.45) is 5.92 Å². The van der Waals surface area contributed by atoms with Crippen LogP contribution in [0.3, 0.4) is 0 Å². The maximum atomic E-state index is 12.1. The smallest absolute Gasteiger partial charge is 0.227 e. The van der Waals surface area contributed by atoms with Crippen molar-refractivity contribution in [1.29, 1.82) is 0 Å². The van der Waals surface area contributed by atoms with Crippen molar-refractivity contribution in [2.45, 2.75) is 32.6 Å². The molecule has 0 spiro atoms. The van der Waals surface area contributed by atoms with Gasteiger partial charge in [-0.2, -0.15) is 0 Å². The SMILES string of the molecule is CCCC1CCN(C(=O)Cc2cccc(O)c2)C1. The van der Waals surface area contributed by atoms with E-state index in [9.17, 15) is 9.90 Å². The van der Waals surface area contributed by atoms with Crippen LogP contribution in [0.15, 0.2) is 24.3 Å². The van der Waals surface area contributed by atoms with Gasteiger partial charge in [0.05, 0.1) is 6.42 Å². The Hall–Kier alpha value is -1.51. The number of benzene rings is 1. The zero-order valence-corrected chi connectivity index (χ0v) is 10.9. The highest BCUT2D eigenvalue weighted by Crippen LogP contribution is 2.22. The van der Waals surface area contributed by atoms with Gasteiger partial charge in [0.15, 0.2) is 0 Å². The van der Waals surface area contributed by atoms with Gasteiger partial charge in [0.1, 0.15) is 5.75 Å². The molecule has 1 amide bonds. The van der Waals surface area contributed by atoms with Crippen LogP contribution in [-0.4, -0.2) is 29.0 Å². The summed E-state index contributed by atoms with van der Waals surface area (Å²) >= 11 is 0. The van der Waals surface area contributed by atoms with E-state index in [2.05, 4.69) is 6.92 Å². The zero-order chi connectivity index (χ0) is 13.0. The summed E-state index contributed by atoms with van der Waals surface area (Å²) < 4.78 is 0. The van der Waals surface area contributed by atoms with E-state index >= 15 is 0 Å². The van der Waals surface area contributed by atoms with E-state index in [1.807, 2.05) is 11.0 Å². The van der Waals surface area contributed by atoms with E-state index in [0.717, 1.165) is 25.1 Å². The maximum Gasteiger partial charge on any atom is 0.227 e. The van der Waals surface area contributed by atoms with Crippen molar-refractivity contribution in [3.8, 4) is 5.75 Å². The first-order chi connectivity index (χ1) is 8.69. The molecule has 98 valence electrons. The molecule has 1 saturated heterocycles. The molecule has 1 aliphatic heterocycles. The molecule has 3 nitrogen and oxygen atoms in total. The van der Waals surface area contributed by atoms with Crippen molar-refractivity contribution >= 4 is 5.91 Å². The van der Waals surface area contributed by atoms with Crippen LogP contribution in [0.1, 0.15) is 31.7 Å². The molecule has 2 rings (SSSR count). The van der Waals surface area contributed by atoms with E-state index in [1.165, 1.54) is 12.8 Å². The maximum absolute atomic E-state index is 12.1. The van der Waals surface area contributed by atoms with E-state index in [4.69, 9.17) is 0 Å². The quantitative estimate of drug-likeness (QED) is 0.888. The number of carbonyl (C=O) groups excluding carboxylic acids is 1. The van der Waals surface area contributed by atoms with Gasteiger partial charge >= 0.3 is 0 Å². The van der Waals surface area contributed by atoms with Crippen LogP contribution in [-0.2, 0) is 11.2 Å². The molecule has 1 aliphatic rings. The van der Waals surface area contributed by atoms with Crippen molar-refractivity contribution < 1.29 is 9.90 Å². The first-order valence-corrected chi connectivity index (χ1v) is 6.74. The number of amides is 1. The predicted molar refractivity (Wildman–Crippen MR) is 71.4 cm³/mol. The van der Waals surface area contributed by atoms with Crippen molar-refractivity contribution in [2.75, 3.05) is 13.1 Å². The number of aromatic hydroxyl groups is 1. The minimum absolute atomic E-state index is 0.180. The van der Waals surface area contributed by atoms with Crippen LogP contribution in [0.25, 0.3) is 0 Å². The van der Waals surface area contributed by atoms with E-state index in [0.29, 0.717) is 12.3 Å². The van der Waals surface area contributed by atoms with Crippen molar-refractivity contribution in [3.63, 3.8) is 0 Å². The predicted octanol–water partition coefficient (Wildman–Crippen LogP) is 2.58. The van der Waals surface area contributed by atoms with Gasteiger partial charge in [-0.25, -0.2) is 0 Å². The highest BCUT2D eigenvalue weighted by Gasteiger charge is 2.25. The number of phenols is 1. The summed E-state index contributed by atoms with van der Waals surface area (Å²) in [7, 11) is 0. The summed E-state index contributed by atoms with van der Waals surface area (Å²) in [4.78, 5) is 14.1. The van der Waals surface area contributed by atoms with Gasteiger partial charge in [0.25, 0.3) is 0 Å². The van der Waals surface area contributed by atoms with E-state index in [1.54, 1.807) is 18.2 Å². The van der Waals surface area contributed by atoms with Gasteiger partial charge in [-0.3, -0.25) is 4.79 Å². The molecule has 0 radical (unpaired) electrons. The van der Waals surface area contributed by atoms with Crippen LogP contribution in [0.5, 0.6) is 5.75 Å². The molecule has 0 aromatic heterocycles. The second-order valence-corrected chi connectivity index (χ2v) is 5.13. The first kappa shape index (κ1) is 12.9. The largest absolute Gasteiger partial charge is 0.508 e. The Balaban J connectivity index is 1.89. The van der Waals surface area contributed by atoms with Gasteiger partial charge in [0, 0.05) is 13.1 Å². The average molecular weight is 247 g/mol. The minimum Gasteiger partial charge on any atom is -0.508 e. The Labute approximate surface area is 108 Å². The number of likely N-dealkylation sites (tertiary alicyclic amines) is 1. The number of phenolic OH excluding ortho intramolecular Hbond substituents is 1. The van der Waals surface area contributed by atoms with Gasteiger partial charge in [-0.05, 0) is 36.5 Å². The summed E-state index contributed by atoms with van der Waals surface area (Å²) in [5.41, 5.74) is 0.888. The molecular formula is C15H21NO2. The summed E-state index contributed by atoms with van der Waals surface area (Å²) in [6.45, 7) is 3.99. The number of carbonyl (C=O) groups is 1. The highest BCUT2D eigenvalue weighted by molar-refractivity contribution is 5.79. The third kappa shape index (κ3) is 3.25. The van der Waals surface area contributed by atoms with Gasteiger partial charge in [0.2, 0.25) is 5.91 Å². The van der Waals surface area contributed by atoms with Crippen LogP contribution in [0.2, 0.25) is 0 Å². The lowest BCUT2D eigenvalue weighted by Gasteiger charge is -2.16. The van der Waals surface area contributed by atoms with Crippen molar-refractivity contribution in [3.05, 3.63) is 29.8 Å². The fourth-order valence-electron chi connectivity index (χ4n) is 2.66. The zero-order valence-electron chi connectivity index (χ0n) is 10.9.